The molecule has 1 aromatic rings. The van der Waals surface area contributed by atoms with E-state index < -0.39 is 12.0 Å². The number of rotatable bonds is 5. The fraction of sp³-hybridized carbons (Fsp3) is 0.462. The lowest BCUT2D eigenvalue weighted by Crippen LogP contribution is -2.46. The number of carbonyl (C=O) groups is 1. The van der Waals surface area contributed by atoms with Gasteiger partial charge >= 0.3 is 0 Å². The van der Waals surface area contributed by atoms with Crippen LogP contribution in [0.1, 0.15) is 24.3 Å². The van der Waals surface area contributed by atoms with Crippen molar-refractivity contribution in [3.05, 3.63) is 35.6 Å². The number of benzene rings is 1. The SMILES string of the molecule is NC(=O)C(O)CNC1CC(c2cccc(F)c2)C1. The summed E-state index contributed by atoms with van der Waals surface area (Å²) in [4.78, 5) is 10.6. The number of amides is 1. The Labute approximate surface area is 105 Å². The number of carbonyl (C=O) groups excluding carboxylic acids is 1. The summed E-state index contributed by atoms with van der Waals surface area (Å²) in [6.45, 7) is 0.176. The van der Waals surface area contributed by atoms with Gasteiger partial charge in [-0.25, -0.2) is 4.39 Å². The third kappa shape index (κ3) is 3.05. The van der Waals surface area contributed by atoms with Gasteiger partial charge in [0.25, 0.3) is 0 Å². The molecule has 1 atom stereocenters. The minimum Gasteiger partial charge on any atom is -0.382 e. The zero-order valence-electron chi connectivity index (χ0n) is 9.97. The first-order valence-electron chi connectivity index (χ1n) is 6.02. The number of aliphatic hydroxyl groups is 1. The maximum absolute atomic E-state index is 13.0. The first-order chi connectivity index (χ1) is 8.56. The van der Waals surface area contributed by atoms with Gasteiger partial charge in [0.1, 0.15) is 11.9 Å². The van der Waals surface area contributed by atoms with Gasteiger partial charge in [-0.05, 0) is 36.5 Å². The molecular formula is C13H17FN2O2. The average Bonchev–Trinajstić information content (AvgIpc) is 2.26. The number of nitrogens with one attached hydrogen (secondary N) is 1. The van der Waals surface area contributed by atoms with E-state index in [4.69, 9.17) is 5.73 Å². The molecule has 4 N–H and O–H groups in total. The largest absolute Gasteiger partial charge is 0.382 e. The highest BCUT2D eigenvalue weighted by atomic mass is 19.1. The van der Waals surface area contributed by atoms with E-state index in [9.17, 15) is 14.3 Å². The van der Waals surface area contributed by atoms with Crippen LogP contribution < -0.4 is 11.1 Å². The standard InChI is InChI=1S/C13H17FN2O2/c14-10-3-1-2-8(4-10)9-5-11(6-9)16-7-12(17)13(15)18/h1-4,9,11-12,16-17H,5-7H2,(H2,15,18). The number of primary amides is 1. The third-order valence-corrected chi connectivity index (χ3v) is 3.39. The van der Waals surface area contributed by atoms with Crippen molar-refractivity contribution in [3.8, 4) is 0 Å². The highest BCUT2D eigenvalue weighted by Gasteiger charge is 2.30. The van der Waals surface area contributed by atoms with Crippen molar-refractivity contribution < 1.29 is 14.3 Å². The Hall–Kier alpha value is -1.46. The molecule has 0 bridgehead atoms. The molecule has 0 radical (unpaired) electrons. The van der Waals surface area contributed by atoms with Crippen LogP contribution in [0.25, 0.3) is 0 Å². The first-order valence-corrected chi connectivity index (χ1v) is 6.02. The van der Waals surface area contributed by atoms with E-state index in [1.54, 1.807) is 12.1 Å². The van der Waals surface area contributed by atoms with Crippen molar-refractivity contribution >= 4 is 5.91 Å². The molecule has 1 aliphatic rings. The van der Waals surface area contributed by atoms with Crippen molar-refractivity contribution in [2.75, 3.05) is 6.54 Å². The summed E-state index contributed by atoms with van der Waals surface area (Å²) in [7, 11) is 0. The first kappa shape index (κ1) is 13.0. The van der Waals surface area contributed by atoms with Crippen LogP contribution in [0, 0.1) is 5.82 Å². The van der Waals surface area contributed by atoms with Gasteiger partial charge in [0.2, 0.25) is 5.91 Å². The van der Waals surface area contributed by atoms with E-state index >= 15 is 0 Å². The van der Waals surface area contributed by atoms with Gasteiger partial charge in [-0.1, -0.05) is 12.1 Å². The minimum absolute atomic E-state index is 0.176. The summed E-state index contributed by atoms with van der Waals surface area (Å²) in [5, 5.41) is 12.3. The lowest BCUT2D eigenvalue weighted by molar-refractivity contribution is -0.125. The third-order valence-electron chi connectivity index (χ3n) is 3.39. The molecule has 1 unspecified atom stereocenters. The van der Waals surface area contributed by atoms with Crippen LogP contribution in [0.5, 0.6) is 0 Å². The zero-order chi connectivity index (χ0) is 13.1. The molecule has 0 heterocycles. The Morgan fingerprint density at radius 3 is 2.89 bits per heavy atom. The van der Waals surface area contributed by atoms with Gasteiger partial charge in [0.05, 0.1) is 0 Å². The van der Waals surface area contributed by atoms with Gasteiger partial charge in [-0.3, -0.25) is 4.79 Å². The topological polar surface area (TPSA) is 75.4 Å². The van der Waals surface area contributed by atoms with E-state index in [1.165, 1.54) is 6.07 Å². The van der Waals surface area contributed by atoms with Crippen molar-refractivity contribution in [3.63, 3.8) is 0 Å². The fourth-order valence-corrected chi connectivity index (χ4v) is 2.20. The quantitative estimate of drug-likeness (QED) is 0.714. The highest BCUT2D eigenvalue weighted by molar-refractivity contribution is 5.78. The van der Waals surface area contributed by atoms with Crippen molar-refractivity contribution in [1.82, 2.24) is 5.32 Å². The second-order valence-corrected chi connectivity index (χ2v) is 4.75. The molecule has 0 saturated heterocycles. The Morgan fingerprint density at radius 1 is 1.56 bits per heavy atom. The fourth-order valence-electron chi connectivity index (χ4n) is 2.20. The summed E-state index contributed by atoms with van der Waals surface area (Å²) in [5.41, 5.74) is 5.95. The number of halogens is 1. The summed E-state index contributed by atoms with van der Waals surface area (Å²) in [6.07, 6.45) is 0.627. The predicted octanol–water partition coefficient (Wildman–Crippen LogP) is 0.508. The van der Waals surface area contributed by atoms with E-state index in [-0.39, 0.29) is 18.4 Å². The van der Waals surface area contributed by atoms with E-state index in [2.05, 4.69) is 5.32 Å². The molecule has 1 amide bonds. The highest BCUT2D eigenvalue weighted by Crippen LogP contribution is 2.36. The Balaban J connectivity index is 1.76. The van der Waals surface area contributed by atoms with Crippen LogP contribution in [-0.4, -0.2) is 29.7 Å². The molecular weight excluding hydrogens is 235 g/mol. The molecule has 2 rings (SSSR count). The van der Waals surface area contributed by atoms with Crippen LogP contribution in [-0.2, 0) is 4.79 Å². The lowest BCUT2D eigenvalue weighted by atomic mass is 9.76. The smallest absolute Gasteiger partial charge is 0.247 e. The molecule has 1 saturated carbocycles. The van der Waals surface area contributed by atoms with Gasteiger partial charge in [0.15, 0.2) is 0 Å². The van der Waals surface area contributed by atoms with Gasteiger partial charge in [0, 0.05) is 12.6 Å². The summed E-state index contributed by atoms with van der Waals surface area (Å²) in [6, 6.07) is 6.87. The molecule has 1 fully saturated rings. The molecule has 1 aromatic carbocycles. The van der Waals surface area contributed by atoms with Crippen molar-refractivity contribution in [2.45, 2.75) is 30.9 Å². The molecule has 98 valence electrons. The van der Waals surface area contributed by atoms with E-state index in [0.29, 0.717) is 5.92 Å². The summed E-state index contributed by atoms with van der Waals surface area (Å²) >= 11 is 0. The summed E-state index contributed by atoms with van der Waals surface area (Å²) in [5.74, 6) is -0.583. The molecule has 0 aromatic heterocycles. The second-order valence-electron chi connectivity index (χ2n) is 4.75. The number of hydrogen-bond acceptors (Lipinski definition) is 3. The number of hydrogen-bond donors (Lipinski definition) is 3. The Bertz CT molecular complexity index is 433. The van der Waals surface area contributed by atoms with Crippen LogP contribution in [0.2, 0.25) is 0 Å². The monoisotopic (exact) mass is 252 g/mol. The van der Waals surface area contributed by atoms with Crippen molar-refractivity contribution in [2.24, 2.45) is 5.73 Å². The lowest BCUT2D eigenvalue weighted by Gasteiger charge is -2.36. The average molecular weight is 252 g/mol. The minimum atomic E-state index is -1.14. The zero-order valence-corrected chi connectivity index (χ0v) is 9.97. The number of aliphatic hydroxyl groups excluding tert-OH is 1. The number of nitrogens with two attached hydrogens (primary N) is 1. The maximum Gasteiger partial charge on any atom is 0.247 e. The normalized spacial score (nSPS) is 24.3. The van der Waals surface area contributed by atoms with Crippen LogP contribution in [0.4, 0.5) is 4.39 Å². The summed E-state index contributed by atoms with van der Waals surface area (Å²) < 4.78 is 13.0. The molecule has 1 aliphatic carbocycles. The van der Waals surface area contributed by atoms with Crippen LogP contribution in [0.15, 0.2) is 24.3 Å². The van der Waals surface area contributed by atoms with Gasteiger partial charge < -0.3 is 16.2 Å². The van der Waals surface area contributed by atoms with Crippen molar-refractivity contribution in [1.29, 1.82) is 0 Å². The maximum atomic E-state index is 13.0. The molecule has 0 spiro atoms. The van der Waals surface area contributed by atoms with Gasteiger partial charge in [-0.2, -0.15) is 0 Å². The Kier molecular flexibility index (Phi) is 3.93. The predicted molar refractivity (Wildman–Crippen MR) is 65.4 cm³/mol. The van der Waals surface area contributed by atoms with Crippen LogP contribution in [0.3, 0.4) is 0 Å². The Morgan fingerprint density at radius 2 is 2.28 bits per heavy atom. The molecule has 18 heavy (non-hydrogen) atoms. The van der Waals surface area contributed by atoms with E-state index in [1.807, 2.05) is 6.07 Å². The van der Waals surface area contributed by atoms with Gasteiger partial charge in [-0.15, -0.1) is 0 Å². The molecule has 4 nitrogen and oxygen atoms in total. The van der Waals surface area contributed by atoms with E-state index in [0.717, 1.165) is 18.4 Å². The molecule has 0 aliphatic heterocycles. The van der Waals surface area contributed by atoms with Crippen LogP contribution >= 0.6 is 0 Å². The second kappa shape index (κ2) is 5.46. The molecule has 5 heteroatoms.